The molecular weight excluding hydrogens is 220 g/mol. The zero-order valence-electron chi connectivity index (χ0n) is 12.5. The van der Waals surface area contributed by atoms with Gasteiger partial charge in [-0.2, -0.15) is 0 Å². The number of aliphatic carboxylic acids is 1. The van der Waals surface area contributed by atoms with Crippen LogP contribution in [-0.4, -0.2) is 29.3 Å². The lowest BCUT2D eigenvalue weighted by molar-refractivity contribution is -0.151. The van der Waals surface area contributed by atoms with Gasteiger partial charge in [-0.15, -0.1) is 0 Å². The fraction of sp³-hybridized carbons (Fsp3) is 0.923. The van der Waals surface area contributed by atoms with Crippen molar-refractivity contribution in [3.63, 3.8) is 0 Å². The molecule has 0 aliphatic heterocycles. The lowest BCUT2D eigenvalue weighted by Crippen LogP contribution is -2.26. The minimum Gasteiger partial charge on any atom is -0.479 e. The van der Waals surface area contributed by atoms with Gasteiger partial charge in [-0.05, 0) is 19.3 Å². The van der Waals surface area contributed by atoms with E-state index in [1.165, 1.54) is 0 Å². The molecule has 0 amide bonds. The third-order valence-corrected chi connectivity index (χ3v) is 1.96. The maximum absolute atomic E-state index is 10.6. The van der Waals surface area contributed by atoms with Gasteiger partial charge in [-0.25, -0.2) is 4.79 Å². The van der Waals surface area contributed by atoms with Crippen molar-refractivity contribution >= 4 is 5.97 Å². The fourth-order valence-electron chi connectivity index (χ4n) is 0.973. The number of hydrogen-bond donors (Lipinski definition) is 1. The summed E-state index contributed by atoms with van der Waals surface area (Å²) in [5.41, 5.74) is 0. The third-order valence-electron chi connectivity index (χ3n) is 1.96. The van der Waals surface area contributed by atoms with Crippen molar-refractivity contribution < 1.29 is 20.1 Å². The van der Waals surface area contributed by atoms with Gasteiger partial charge in [0.25, 0.3) is 0 Å². The molecule has 0 saturated heterocycles. The average Bonchev–Trinajstić information content (AvgIpc) is 2.33. The first-order valence-corrected chi connectivity index (χ1v) is 6.46. The first-order valence-electron chi connectivity index (χ1n) is 6.46. The Morgan fingerprint density at radius 3 is 1.82 bits per heavy atom. The second-order valence-corrected chi connectivity index (χ2v) is 3.03. The molecule has 3 N–H and O–H groups in total. The van der Waals surface area contributed by atoms with Crippen LogP contribution in [0.1, 0.15) is 61.3 Å². The summed E-state index contributed by atoms with van der Waals surface area (Å²) < 4.78 is 5.08. The first kappa shape index (κ1) is 25.3. The van der Waals surface area contributed by atoms with Crippen LogP contribution in [0, 0.1) is 5.92 Å². The van der Waals surface area contributed by atoms with Gasteiger partial charge in [0, 0.05) is 6.61 Å². The molecule has 0 aliphatic rings. The van der Waals surface area contributed by atoms with Crippen molar-refractivity contribution in [1.29, 1.82) is 0 Å². The molecule has 1 unspecified atom stereocenters. The highest BCUT2D eigenvalue weighted by atomic mass is 16.5. The van der Waals surface area contributed by atoms with Gasteiger partial charge in [0.15, 0.2) is 6.10 Å². The molecule has 0 aromatic heterocycles. The highest BCUT2D eigenvalue weighted by Crippen LogP contribution is 2.12. The molecule has 0 saturated carbocycles. The van der Waals surface area contributed by atoms with Crippen molar-refractivity contribution in [2.75, 3.05) is 6.61 Å². The molecule has 0 spiro atoms. The Labute approximate surface area is 107 Å². The van der Waals surface area contributed by atoms with Crippen molar-refractivity contribution in [1.82, 2.24) is 0 Å². The molecule has 0 aromatic carbocycles. The van der Waals surface area contributed by atoms with E-state index in [0.29, 0.717) is 18.9 Å². The van der Waals surface area contributed by atoms with E-state index in [1.807, 2.05) is 41.5 Å². The maximum Gasteiger partial charge on any atom is 0.332 e. The second kappa shape index (κ2) is 20.8. The number of carboxylic acids is 1. The van der Waals surface area contributed by atoms with Crippen LogP contribution in [0.4, 0.5) is 0 Å². The summed E-state index contributed by atoms with van der Waals surface area (Å²) in [5.74, 6) is -0.435. The number of hydrogen-bond acceptors (Lipinski definition) is 2. The van der Waals surface area contributed by atoms with Crippen LogP contribution in [0.3, 0.4) is 0 Å². The zero-order valence-corrected chi connectivity index (χ0v) is 12.5. The smallest absolute Gasteiger partial charge is 0.332 e. The summed E-state index contributed by atoms with van der Waals surface area (Å²) in [6, 6.07) is 0. The SMILES string of the molecule is CC.CC.CCOC(C[C@H](C)CC)C(=O)O.O. The molecule has 0 heterocycles. The molecule has 108 valence electrons. The van der Waals surface area contributed by atoms with Crippen LogP contribution < -0.4 is 0 Å². The third kappa shape index (κ3) is 18.0. The lowest BCUT2D eigenvalue weighted by atomic mass is 10.0. The molecule has 0 bridgehead atoms. The van der Waals surface area contributed by atoms with Gasteiger partial charge < -0.3 is 15.3 Å². The maximum atomic E-state index is 10.6. The molecule has 0 aromatic rings. The van der Waals surface area contributed by atoms with E-state index in [4.69, 9.17) is 9.84 Å². The first-order chi connectivity index (χ1) is 7.61. The van der Waals surface area contributed by atoms with Gasteiger partial charge in [0.2, 0.25) is 0 Å². The normalized spacial score (nSPS) is 11.7. The number of carboxylic acid groups (broad SMARTS) is 1. The second-order valence-electron chi connectivity index (χ2n) is 3.03. The Kier molecular flexibility index (Phi) is 30.9. The van der Waals surface area contributed by atoms with Crippen LogP contribution in [0.5, 0.6) is 0 Å². The van der Waals surface area contributed by atoms with Crippen LogP contribution in [-0.2, 0) is 9.53 Å². The molecule has 2 atom stereocenters. The van der Waals surface area contributed by atoms with Gasteiger partial charge >= 0.3 is 5.97 Å². The zero-order chi connectivity index (χ0) is 13.6. The van der Waals surface area contributed by atoms with Crippen LogP contribution in [0.2, 0.25) is 0 Å². The number of ether oxygens (including phenoxy) is 1. The van der Waals surface area contributed by atoms with Gasteiger partial charge in [-0.1, -0.05) is 48.0 Å². The molecule has 17 heavy (non-hydrogen) atoms. The van der Waals surface area contributed by atoms with E-state index < -0.39 is 12.1 Å². The molecule has 4 heteroatoms. The van der Waals surface area contributed by atoms with Crippen molar-refractivity contribution in [3.05, 3.63) is 0 Å². The van der Waals surface area contributed by atoms with Gasteiger partial charge in [-0.3, -0.25) is 0 Å². The minimum atomic E-state index is -0.850. The molecular formula is C13H32O4. The number of rotatable bonds is 6. The standard InChI is InChI=1S/C9H18O3.2C2H6.H2O/c1-4-7(3)6-8(9(10)11)12-5-2;2*1-2;/h7-8H,4-6H2,1-3H3,(H,10,11);2*1-2H3;1H2/t7-,8?;;;/m1.../s1. The summed E-state index contributed by atoms with van der Waals surface area (Å²) in [4.78, 5) is 10.6. The molecule has 0 aliphatic carbocycles. The molecule has 0 radical (unpaired) electrons. The largest absolute Gasteiger partial charge is 0.479 e. The van der Waals surface area contributed by atoms with Gasteiger partial charge in [0.05, 0.1) is 0 Å². The van der Waals surface area contributed by atoms with E-state index in [-0.39, 0.29) is 5.48 Å². The summed E-state index contributed by atoms with van der Waals surface area (Å²) in [6.45, 7) is 14.4. The van der Waals surface area contributed by atoms with Crippen molar-refractivity contribution in [3.8, 4) is 0 Å². The van der Waals surface area contributed by atoms with E-state index in [1.54, 1.807) is 0 Å². The summed E-state index contributed by atoms with van der Waals surface area (Å²) in [7, 11) is 0. The Morgan fingerprint density at radius 2 is 1.59 bits per heavy atom. The van der Waals surface area contributed by atoms with E-state index in [2.05, 4.69) is 6.92 Å². The van der Waals surface area contributed by atoms with Crippen molar-refractivity contribution in [2.24, 2.45) is 5.92 Å². The van der Waals surface area contributed by atoms with Crippen LogP contribution in [0.25, 0.3) is 0 Å². The fourth-order valence-corrected chi connectivity index (χ4v) is 0.973. The summed E-state index contributed by atoms with van der Waals surface area (Å²) in [5, 5.41) is 8.72. The minimum absolute atomic E-state index is 0. The van der Waals surface area contributed by atoms with E-state index in [0.717, 1.165) is 6.42 Å². The Balaban J connectivity index is -0.000000152. The summed E-state index contributed by atoms with van der Waals surface area (Å²) >= 11 is 0. The van der Waals surface area contributed by atoms with E-state index >= 15 is 0 Å². The molecule has 4 nitrogen and oxygen atoms in total. The lowest BCUT2D eigenvalue weighted by Gasteiger charge is -2.15. The molecule has 0 rings (SSSR count). The van der Waals surface area contributed by atoms with E-state index in [9.17, 15) is 4.79 Å². The monoisotopic (exact) mass is 252 g/mol. The quantitative estimate of drug-likeness (QED) is 0.788. The Hall–Kier alpha value is -0.610. The topological polar surface area (TPSA) is 78.0 Å². The highest BCUT2D eigenvalue weighted by Gasteiger charge is 2.19. The predicted octanol–water partition coefficient (Wildman–Crippen LogP) is 3.14. The predicted molar refractivity (Wildman–Crippen MR) is 73.4 cm³/mol. The van der Waals surface area contributed by atoms with Crippen molar-refractivity contribution in [2.45, 2.75) is 67.4 Å². The Morgan fingerprint density at radius 1 is 1.18 bits per heavy atom. The summed E-state index contributed by atoms with van der Waals surface area (Å²) in [6.07, 6.45) is 0.987. The van der Waals surface area contributed by atoms with Gasteiger partial charge in [0.1, 0.15) is 0 Å². The van der Waals surface area contributed by atoms with Crippen LogP contribution >= 0.6 is 0 Å². The van der Waals surface area contributed by atoms with Crippen LogP contribution in [0.15, 0.2) is 0 Å². The Bertz CT molecular complexity index is 137. The highest BCUT2D eigenvalue weighted by molar-refractivity contribution is 5.72. The average molecular weight is 252 g/mol. The number of carbonyl (C=O) groups is 1. The molecule has 0 fully saturated rings.